The first-order valence-electron chi connectivity index (χ1n) is 5.54. The van der Waals surface area contributed by atoms with E-state index in [1.54, 1.807) is 6.26 Å². The molecule has 1 aromatic rings. The van der Waals surface area contributed by atoms with E-state index in [2.05, 4.69) is 0 Å². The van der Waals surface area contributed by atoms with Gasteiger partial charge in [-0.05, 0) is 31.2 Å². The highest BCUT2D eigenvalue weighted by atomic mass is 16.4. The zero-order valence-corrected chi connectivity index (χ0v) is 9.27. The smallest absolute Gasteiger partial charge is 0.303 e. The Balaban J connectivity index is 2.06. The molecule has 0 aliphatic heterocycles. The number of fused-ring (bicyclic) bond motifs is 1. The van der Waals surface area contributed by atoms with Gasteiger partial charge in [0.05, 0.1) is 12.4 Å². The van der Waals surface area contributed by atoms with E-state index >= 15 is 0 Å². The Kier molecular flexibility index (Phi) is 3.01. The molecular weight excluding hydrogens is 208 g/mol. The van der Waals surface area contributed by atoms with Crippen LogP contribution >= 0.6 is 0 Å². The zero-order valence-electron chi connectivity index (χ0n) is 9.27. The lowest BCUT2D eigenvalue weighted by Crippen LogP contribution is -2.18. The van der Waals surface area contributed by atoms with Gasteiger partial charge in [-0.1, -0.05) is 0 Å². The molecule has 1 aliphatic rings. The van der Waals surface area contributed by atoms with E-state index in [9.17, 15) is 9.90 Å². The highest BCUT2D eigenvalue weighted by molar-refractivity contribution is 5.66. The van der Waals surface area contributed by atoms with E-state index in [4.69, 9.17) is 9.52 Å². The second-order valence-corrected chi connectivity index (χ2v) is 4.51. The number of aliphatic hydroxyl groups is 1. The van der Waals surface area contributed by atoms with Crippen LogP contribution in [0.5, 0.6) is 0 Å². The molecule has 16 heavy (non-hydrogen) atoms. The Bertz CT molecular complexity index is 394. The van der Waals surface area contributed by atoms with Crippen LogP contribution in [0.1, 0.15) is 42.3 Å². The van der Waals surface area contributed by atoms with Crippen LogP contribution in [0.25, 0.3) is 0 Å². The predicted molar refractivity (Wildman–Crippen MR) is 57.1 cm³/mol. The van der Waals surface area contributed by atoms with E-state index in [-0.39, 0.29) is 12.3 Å². The third-order valence-electron chi connectivity index (χ3n) is 3.23. The van der Waals surface area contributed by atoms with Gasteiger partial charge in [-0.25, -0.2) is 0 Å². The summed E-state index contributed by atoms with van der Waals surface area (Å²) in [5, 5.41) is 18.6. The zero-order chi connectivity index (χ0) is 11.7. The molecule has 88 valence electrons. The summed E-state index contributed by atoms with van der Waals surface area (Å²) in [6.45, 7) is 1.92. The van der Waals surface area contributed by atoms with Gasteiger partial charge in [0, 0.05) is 18.4 Å². The van der Waals surface area contributed by atoms with Crippen molar-refractivity contribution in [3.8, 4) is 0 Å². The van der Waals surface area contributed by atoms with Crippen LogP contribution in [0.3, 0.4) is 0 Å². The van der Waals surface area contributed by atoms with E-state index in [0.29, 0.717) is 12.8 Å². The van der Waals surface area contributed by atoms with Crippen LogP contribution in [-0.2, 0) is 11.2 Å². The van der Waals surface area contributed by atoms with Crippen molar-refractivity contribution in [2.75, 3.05) is 0 Å². The molecule has 2 rings (SSSR count). The minimum absolute atomic E-state index is 0.159. The molecule has 0 saturated carbocycles. The summed E-state index contributed by atoms with van der Waals surface area (Å²) >= 11 is 0. The lowest BCUT2D eigenvalue weighted by molar-refractivity contribution is -0.137. The molecule has 0 aromatic carbocycles. The van der Waals surface area contributed by atoms with Crippen LogP contribution in [0.4, 0.5) is 0 Å². The van der Waals surface area contributed by atoms with Gasteiger partial charge < -0.3 is 14.6 Å². The largest absolute Gasteiger partial charge is 0.481 e. The molecule has 2 unspecified atom stereocenters. The van der Waals surface area contributed by atoms with Crippen molar-refractivity contribution in [1.82, 2.24) is 0 Å². The number of aryl methyl sites for hydroxylation is 1. The molecular formula is C12H16O4. The minimum atomic E-state index is -0.782. The molecule has 1 aromatic heterocycles. The predicted octanol–water partition coefficient (Wildman–Crippen LogP) is 2.05. The number of hydrogen-bond donors (Lipinski definition) is 2. The third kappa shape index (κ3) is 2.11. The number of aliphatic hydroxyl groups excluding tert-OH is 1. The van der Waals surface area contributed by atoms with Gasteiger partial charge >= 0.3 is 5.97 Å². The van der Waals surface area contributed by atoms with Crippen molar-refractivity contribution < 1.29 is 19.4 Å². The molecule has 4 heteroatoms. The Morgan fingerprint density at radius 2 is 2.38 bits per heavy atom. The first kappa shape index (κ1) is 11.2. The lowest BCUT2D eigenvalue weighted by atomic mass is 9.82. The number of carboxylic acids is 1. The standard InChI is InChI=1S/C12H16O4/c1-7-6-16-10-5-8(2-3-11(14)15)4-9(13)12(7)10/h6,8-9,13H,2-5H2,1H3,(H,14,15). The quantitative estimate of drug-likeness (QED) is 0.824. The van der Waals surface area contributed by atoms with E-state index in [0.717, 1.165) is 23.3 Å². The molecule has 0 spiro atoms. The molecule has 2 N–H and O–H groups in total. The third-order valence-corrected chi connectivity index (χ3v) is 3.23. The van der Waals surface area contributed by atoms with Gasteiger partial charge in [0.1, 0.15) is 5.76 Å². The van der Waals surface area contributed by atoms with Crippen molar-refractivity contribution >= 4 is 5.97 Å². The summed E-state index contributed by atoms with van der Waals surface area (Å²) in [5.41, 5.74) is 1.89. The van der Waals surface area contributed by atoms with Gasteiger partial charge in [0.25, 0.3) is 0 Å². The molecule has 0 amide bonds. The maximum atomic E-state index is 10.5. The fourth-order valence-electron chi connectivity index (χ4n) is 2.44. The molecule has 1 aliphatic carbocycles. The van der Waals surface area contributed by atoms with E-state index in [1.165, 1.54) is 0 Å². The van der Waals surface area contributed by atoms with Crippen molar-refractivity contribution in [1.29, 1.82) is 0 Å². The molecule has 1 heterocycles. The second kappa shape index (κ2) is 4.29. The summed E-state index contributed by atoms with van der Waals surface area (Å²) in [5.74, 6) is 0.256. The van der Waals surface area contributed by atoms with Crippen LogP contribution in [-0.4, -0.2) is 16.2 Å². The fourth-order valence-corrected chi connectivity index (χ4v) is 2.44. The molecule has 0 radical (unpaired) electrons. The number of hydrogen-bond acceptors (Lipinski definition) is 3. The lowest BCUT2D eigenvalue weighted by Gasteiger charge is -2.25. The number of carboxylic acid groups (broad SMARTS) is 1. The molecule has 0 fully saturated rings. The monoisotopic (exact) mass is 224 g/mol. The van der Waals surface area contributed by atoms with Crippen molar-refractivity contribution in [3.63, 3.8) is 0 Å². The number of carbonyl (C=O) groups is 1. The van der Waals surface area contributed by atoms with Gasteiger partial charge in [-0.3, -0.25) is 4.79 Å². The van der Waals surface area contributed by atoms with Crippen molar-refractivity contribution in [2.24, 2.45) is 5.92 Å². The molecule has 4 nitrogen and oxygen atoms in total. The highest BCUT2D eigenvalue weighted by Crippen LogP contribution is 2.37. The Morgan fingerprint density at radius 1 is 1.62 bits per heavy atom. The molecule has 0 saturated heterocycles. The average Bonchev–Trinajstić information content (AvgIpc) is 2.58. The van der Waals surface area contributed by atoms with Gasteiger partial charge in [-0.15, -0.1) is 0 Å². The summed E-state index contributed by atoms with van der Waals surface area (Å²) in [7, 11) is 0. The van der Waals surface area contributed by atoms with E-state index in [1.807, 2.05) is 6.92 Å². The normalized spacial score (nSPS) is 24.1. The average molecular weight is 224 g/mol. The van der Waals surface area contributed by atoms with Gasteiger partial charge in [0.15, 0.2) is 0 Å². The maximum absolute atomic E-state index is 10.5. The maximum Gasteiger partial charge on any atom is 0.303 e. The van der Waals surface area contributed by atoms with E-state index < -0.39 is 12.1 Å². The van der Waals surface area contributed by atoms with Crippen LogP contribution < -0.4 is 0 Å². The summed E-state index contributed by atoms with van der Waals surface area (Å²) in [6.07, 6.45) is 3.31. The Morgan fingerprint density at radius 3 is 3.06 bits per heavy atom. The van der Waals surface area contributed by atoms with Crippen LogP contribution in [0.2, 0.25) is 0 Å². The number of aliphatic carboxylic acids is 1. The topological polar surface area (TPSA) is 70.7 Å². The first-order valence-corrected chi connectivity index (χ1v) is 5.54. The minimum Gasteiger partial charge on any atom is -0.481 e. The molecule has 0 bridgehead atoms. The van der Waals surface area contributed by atoms with Crippen molar-refractivity contribution in [3.05, 3.63) is 23.2 Å². The van der Waals surface area contributed by atoms with Crippen molar-refractivity contribution in [2.45, 2.75) is 38.7 Å². The molecule has 2 atom stereocenters. The van der Waals surface area contributed by atoms with Crippen LogP contribution in [0.15, 0.2) is 10.7 Å². The number of furan rings is 1. The fraction of sp³-hybridized carbons (Fsp3) is 0.583. The highest BCUT2D eigenvalue weighted by Gasteiger charge is 2.29. The van der Waals surface area contributed by atoms with Gasteiger partial charge in [-0.2, -0.15) is 0 Å². The SMILES string of the molecule is Cc1coc2c1C(O)CC(CCC(=O)O)C2. The first-order chi connectivity index (χ1) is 7.58. The summed E-state index contributed by atoms with van der Waals surface area (Å²) in [4.78, 5) is 10.5. The summed E-state index contributed by atoms with van der Waals surface area (Å²) in [6, 6.07) is 0. The summed E-state index contributed by atoms with van der Waals surface area (Å²) < 4.78 is 5.39. The Labute approximate surface area is 93.9 Å². The van der Waals surface area contributed by atoms with Gasteiger partial charge in [0.2, 0.25) is 0 Å². The number of rotatable bonds is 3. The second-order valence-electron chi connectivity index (χ2n) is 4.51. The van der Waals surface area contributed by atoms with Crippen LogP contribution in [0, 0.1) is 12.8 Å². The Hall–Kier alpha value is -1.29.